The molecule has 1 aliphatic heterocycles. The summed E-state index contributed by atoms with van der Waals surface area (Å²) in [5.74, 6) is 0.736. The van der Waals surface area contributed by atoms with Crippen LogP contribution in [0.4, 0.5) is 0 Å². The highest BCUT2D eigenvalue weighted by molar-refractivity contribution is 5.07. The zero-order valence-electron chi connectivity index (χ0n) is 10.7. The van der Waals surface area contributed by atoms with Crippen molar-refractivity contribution in [1.82, 2.24) is 14.9 Å². The lowest BCUT2D eigenvalue weighted by molar-refractivity contribution is 0.0691. The number of hydrogen-bond donors (Lipinski definition) is 1. The van der Waals surface area contributed by atoms with Gasteiger partial charge in [0.25, 0.3) is 0 Å². The molecule has 1 saturated heterocycles. The molecule has 2 rings (SSSR count). The fraction of sp³-hybridized carbons (Fsp3) is 0.692. The van der Waals surface area contributed by atoms with Crippen molar-refractivity contribution in [2.45, 2.75) is 38.8 Å². The summed E-state index contributed by atoms with van der Waals surface area (Å²) in [6.07, 6.45) is 5.98. The Morgan fingerprint density at radius 1 is 1.53 bits per heavy atom. The SMILES string of the molecule is CC1CCCN(C(CN)c2ccncn2)C1C. The molecule has 3 unspecified atom stereocenters. The lowest BCUT2D eigenvalue weighted by Crippen LogP contribution is -2.46. The van der Waals surface area contributed by atoms with Crippen molar-refractivity contribution in [2.24, 2.45) is 11.7 Å². The first-order valence-electron chi connectivity index (χ1n) is 6.45. The van der Waals surface area contributed by atoms with Gasteiger partial charge in [-0.15, -0.1) is 0 Å². The van der Waals surface area contributed by atoms with Crippen molar-refractivity contribution in [1.29, 1.82) is 0 Å². The molecule has 1 aromatic rings. The second kappa shape index (κ2) is 5.56. The maximum Gasteiger partial charge on any atom is 0.115 e. The molecular formula is C13H22N4. The van der Waals surface area contributed by atoms with Gasteiger partial charge in [-0.2, -0.15) is 0 Å². The Morgan fingerprint density at radius 3 is 3.00 bits per heavy atom. The van der Waals surface area contributed by atoms with Gasteiger partial charge in [0.15, 0.2) is 0 Å². The number of piperidine rings is 1. The average molecular weight is 234 g/mol. The molecule has 1 fully saturated rings. The summed E-state index contributed by atoms with van der Waals surface area (Å²) >= 11 is 0. The van der Waals surface area contributed by atoms with Crippen LogP contribution in [0.5, 0.6) is 0 Å². The van der Waals surface area contributed by atoms with E-state index in [0.717, 1.165) is 18.2 Å². The largest absolute Gasteiger partial charge is 0.329 e. The van der Waals surface area contributed by atoms with E-state index in [2.05, 4.69) is 28.7 Å². The highest BCUT2D eigenvalue weighted by atomic mass is 15.2. The van der Waals surface area contributed by atoms with Gasteiger partial charge in [0.1, 0.15) is 6.33 Å². The Morgan fingerprint density at radius 2 is 2.35 bits per heavy atom. The Hall–Kier alpha value is -1.00. The standard InChI is InChI=1S/C13H22N4/c1-10-4-3-7-17(11(10)2)13(8-14)12-5-6-15-9-16-12/h5-6,9-11,13H,3-4,7-8,14H2,1-2H3. The minimum atomic E-state index is 0.232. The summed E-state index contributed by atoms with van der Waals surface area (Å²) in [5.41, 5.74) is 6.99. The molecule has 0 radical (unpaired) electrons. The van der Waals surface area contributed by atoms with Crippen LogP contribution in [0.25, 0.3) is 0 Å². The fourth-order valence-corrected chi connectivity index (χ4v) is 2.73. The average Bonchev–Trinajstić information content (AvgIpc) is 2.37. The van der Waals surface area contributed by atoms with Gasteiger partial charge in [-0.25, -0.2) is 9.97 Å². The monoisotopic (exact) mass is 234 g/mol. The molecule has 0 saturated carbocycles. The smallest absolute Gasteiger partial charge is 0.115 e. The van der Waals surface area contributed by atoms with Crippen LogP contribution in [0.3, 0.4) is 0 Å². The Labute approximate surface area is 103 Å². The van der Waals surface area contributed by atoms with E-state index in [9.17, 15) is 0 Å². The zero-order chi connectivity index (χ0) is 12.3. The first-order chi connectivity index (χ1) is 8.24. The second-order valence-corrected chi connectivity index (χ2v) is 4.98. The summed E-state index contributed by atoms with van der Waals surface area (Å²) in [5, 5.41) is 0. The quantitative estimate of drug-likeness (QED) is 0.863. The molecule has 1 aromatic heterocycles. The van der Waals surface area contributed by atoms with Crippen molar-refractivity contribution >= 4 is 0 Å². The molecule has 0 aromatic carbocycles. The Kier molecular flexibility index (Phi) is 4.07. The number of aromatic nitrogens is 2. The van der Waals surface area contributed by atoms with E-state index in [4.69, 9.17) is 5.73 Å². The van der Waals surface area contributed by atoms with E-state index in [1.165, 1.54) is 12.8 Å². The van der Waals surface area contributed by atoms with Crippen molar-refractivity contribution in [3.63, 3.8) is 0 Å². The van der Waals surface area contributed by atoms with Crippen LogP contribution >= 0.6 is 0 Å². The van der Waals surface area contributed by atoms with Crippen LogP contribution in [0.15, 0.2) is 18.6 Å². The molecule has 1 aliphatic rings. The maximum atomic E-state index is 5.94. The molecule has 0 bridgehead atoms. The number of hydrogen-bond acceptors (Lipinski definition) is 4. The number of likely N-dealkylation sites (tertiary alicyclic amines) is 1. The summed E-state index contributed by atoms with van der Waals surface area (Å²) in [6, 6.07) is 2.78. The molecular weight excluding hydrogens is 212 g/mol. The predicted molar refractivity (Wildman–Crippen MR) is 68.4 cm³/mol. The van der Waals surface area contributed by atoms with Gasteiger partial charge in [-0.05, 0) is 38.3 Å². The molecule has 0 aliphatic carbocycles. The summed E-state index contributed by atoms with van der Waals surface area (Å²) in [6.45, 7) is 6.36. The molecule has 2 N–H and O–H groups in total. The molecule has 0 spiro atoms. The third-order valence-corrected chi connectivity index (χ3v) is 3.99. The van der Waals surface area contributed by atoms with Gasteiger partial charge in [0.2, 0.25) is 0 Å². The van der Waals surface area contributed by atoms with Crippen LogP contribution < -0.4 is 5.73 Å². The molecule has 4 heteroatoms. The van der Waals surface area contributed by atoms with Crippen LogP contribution in [-0.2, 0) is 0 Å². The van der Waals surface area contributed by atoms with Crippen LogP contribution in [0, 0.1) is 5.92 Å². The Bertz CT molecular complexity index is 341. The van der Waals surface area contributed by atoms with Gasteiger partial charge in [0.05, 0.1) is 11.7 Å². The summed E-state index contributed by atoms with van der Waals surface area (Å²) < 4.78 is 0. The third kappa shape index (κ3) is 2.64. The van der Waals surface area contributed by atoms with Crippen LogP contribution in [0.1, 0.15) is 38.4 Å². The third-order valence-electron chi connectivity index (χ3n) is 3.99. The van der Waals surface area contributed by atoms with Crippen LogP contribution in [0.2, 0.25) is 0 Å². The highest BCUT2D eigenvalue weighted by Crippen LogP contribution is 2.29. The summed E-state index contributed by atoms with van der Waals surface area (Å²) in [4.78, 5) is 10.8. The molecule has 94 valence electrons. The maximum absolute atomic E-state index is 5.94. The lowest BCUT2D eigenvalue weighted by atomic mass is 9.90. The Balaban J connectivity index is 2.18. The number of rotatable bonds is 3. The topological polar surface area (TPSA) is 55.0 Å². The van der Waals surface area contributed by atoms with Crippen LogP contribution in [-0.4, -0.2) is 34.0 Å². The van der Waals surface area contributed by atoms with Crippen molar-refractivity contribution in [3.8, 4) is 0 Å². The van der Waals surface area contributed by atoms with E-state index in [1.807, 2.05) is 6.07 Å². The van der Waals surface area contributed by atoms with Crippen molar-refractivity contribution < 1.29 is 0 Å². The minimum absolute atomic E-state index is 0.232. The van der Waals surface area contributed by atoms with E-state index in [1.54, 1.807) is 12.5 Å². The summed E-state index contributed by atoms with van der Waals surface area (Å²) in [7, 11) is 0. The van der Waals surface area contributed by atoms with E-state index in [-0.39, 0.29) is 6.04 Å². The first kappa shape index (κ1) is 12.5. The highest BCUT2D eigenvalue weighted by Gasteiger charge is 2.30. The van der Waals surface area contributed by atoms with E-state index >= 15 is 0 Å². The molecule has 4 nitrogen and oxygen atoms in total. The van der Waals surface area contributed by atoms with Gasteiger partial charge < -0.3 is 5.73 Å². The first-order valence-corrected chi connectivity index (χ1v) is 6.45. The van der Waals surface area contributed by atoms with Gasteiger partial charge in [-0.1, -0.05) is 6.92 Å². The molecule has 2 heterocycles. The van der Waals surface area contributed by atoms with E-state index < -0.39 is 0 Å². The number of nitrogens with two attached hydrogens (primary N) is 1. The molecule has 3 atom stereocenters. The van der Waals surface area contributed by atoms with Gasteiger partial charge >= 0.3 is 0 Å². The molecule has 17 heavy (non-hydrogen) atoms. The van der Waals surface area contributed by atoms with Crippen molar-refractivity contribution in [3.05, 3.63) is 24.3 Å². The fourth-order valence-electron chi connectivity index (χ4n) is 2.73. The van der Waals surface area contributed by atoms with Gasteiger partial charge in [-0.3, -0.25) is 4.90 Å². The van der Waals surface area contributed by atoms with E-state index in [0.29, 0.717) is 12.6 Å². The molecule has 0 amide bonds. The normalized spacial score (nSPS) is 27.9. The zero-order valence-corrected chi connectivity index (χ0v) is 10.7. The predicted octanol–water partition coefficient (Wildman–Crippen LogP) is 1.60. The number of nitrogens with zero attached hydrogens (tertiary/aromatic N) is 3. The van der Waals surface area contributed by atoms with Gasteiger partial charge in [0, 0.05) is 18.8 Å². The minimum Gasteiger partial charge on any atom is -0.329 e. The van der Waals surface area contributed by atoms with Crippen molar-refractivity contribution in [2.75, 3.05) is 13.1 Å². The second-order valence-electron chi connectivity index (χ2n) is 4.98. The lowest BCUT2D eigenvalue weighted by Gasteiger charge is -2.42.